The molecule has 0 aromatic heterocycles. The van der Waals surface area contributed by atoms with E-state index < -0.39 is 11.6 Å². The van der Waals surface area contributed by atoms with Crippen LogP contribution in [0.5, 0.6) is 0 Å². The maximum Gasteiger partial charge on any atom is 0.290 e. The Kier molecular flexibility index (Phi) is 8.87. The van der Waals surface area contributed by atoms with Gasteiger partial charge in [0.2, 0.25) is 0 Å². The van der Waals surface area contributed by atoms with E-state index in [1.807, 2.05) is 13.8 Å². The minimum absolute atomic E-state index is 0.116. The summed E-state index contributed by atoms with van der Waals surface area (Å²) < 4.78 is 26.5. The van der Waals surface area contributed by atoms with E-state index in [-0.39, 0.29) is 17.9 Å². The molecular weight excluding hydrogens is 288 g/mol. The Bertz CT molecular complexity index is 458. The van der Waals surface area contributed by atoms with E-state index in [9.17, 15) is 8.78 Å². The zero-order valence-corrected chi connectivity index (χ0v) is 14.1. The molecule has 3 nitrogen and oxygen atoms in total. The van der Waals surface area contributed by atoms with Crippen LogP contribution in [0.3, 0.4) is 0 Å². The monoisotopic (exact) mass is 315 g/mol. The molecule has 0 unspecified atom stereocenters. The van der Waals surface area contributed by atoms with Crippen molar-refractivity contribution in [1.29, 1.82) is 0 Å². The van der Waals surface area contributed by atoms with Gasteiger partial charge in [-0.2, -0.15) is 0 Å². The largest absolute Gasteiger partial charge is 0.483 e. The lowest BCUT2D eigenvalue weighted by Crippen LogP contribution is -2.39. The van der Waals surface area contributed by atoms with E-state index in [1.54, 1.807) is 6.07 Å². The van der Waals surface area contributed by atoms with E-state index >= 15 is 0 Å². The Balaban J connectivity index is 0.000000789. The van der Waals surface area contributed by atoms with Crippen molar-refractivity contribution in [3.63, 3.8) is 0 Å². The van der Waals surface area contributed by atoms with Crippen LogP contribution in [-0.2, 0) is 4.79 Å². The Hall–Kier alpha value is -1.49. The summed E-state index contributed by atoms with van der Waals surface area (Å²) in [6.07, 6.45) is 0.944. The molecule has 0 saturated carbocycles. The summed E-state index contributed by atoms with van der Waals surface area (Å²) in [7, 11) is 0. The van der Waals surface area contributed by atoms with Crippen molar-refractivity contribution in [2.24, 2.45) is 0 Å². The molecule has 0 aliphatic carbocycles. The summed E-state index contributed by atoms with van der Waals surface area (Å²) in [6, 6.07) is 3.91. The first-order valence-corrected chi connectivity index (χ1v) is 7.57. The highest BCUT2D eigenvalue weighted by atomic mass is 19.1. The number of likely N-dealkylation sites (tertiary alicyclic amines) is 1. The average Bonchev–Trinajstić information content (AvgIpc) is 2.91. The molecule has 2 rings (SSSR count). The standard InChI is InChI=1S/C14H19F2N.C2H6.CH2O2/c1-14(2,3)17-7-6-10(9-17)12-5-4-11(15)8-13(12)16;1-2;2-1-3/h4-5,8,10H,6-7,9H2,1-3H3;1-2H3;1H,(H,2,3)/t10-;;/m0../s1. The van der Waals surface area contributed by atoms with Gasteiger partial charge < -0.3 is 5.11 Å². The highest BCUT2D eigenvalue weighted by molar-refractivity contribution is 5.32. The third-order valence-corrected chi connectivity index (χ3v) is 3.54. The van der Waals surface area contributed by atoms with Crippen molar-refractivity contribution in [1.82, 2.24) is 4.90 Å². The molecule has 0 spiro atoms. The summed E-state index contributed by atoms with van der Waals surface area (Å²) in [5.74, 6) is -0.725. The van der Waals surface area contributed by atoms with Gasteiger partial charge in [-0.25, -0.2) is 8.78 Å². The summed E-state index contributed by atoms with van der Waals surface area (Å²) in [5, 5.41) is 6.89. The van der Waals surface area contributed by atoms with Crippen molar-refractivity contribution >= 4 is 6.47 Å². The van der Waals surface area contributed by atoms with E-state index in [0.29, 0.717) is 5.56 Å². The number of halogens is 2. The maximum atomic E-state index is 13.7. The lowest BCUT2D eigenvalue weighted by molar-refractivity contribution is -0.122. The minimum atomic E-state index is -0.503. The number of hydrogen-bond acceptors (Lipinski definition) is 2. The fourth-order valence-corrected chi connectivity index (χ4v) is 2.46. The number of carbonyl (C=O) groups is 1. The van der Waals surface area contributed by atoms with Gasteiger partial charge in [-0.05, 0) is 45.4 Å². The summed E-state index contributed by atoms with van der Waals surface area (Å²) >= 11 is 0. The summed E-state index contributed by atoms with van der Waals surface area (Å²) in [6.45, 7) is 12.1. The van der Waals surface area contributed by atoms with Crippen molar-refractivity contribution < 1.29 is 18.7 Å². The minimum Gasteiger partial charge on any atom is -0.483 e. The number of nitrogens with zero attached hydrogens (tertiary/aromatic N) is 1. The Morgan fingerprint density at radius 3 is 2.23 bits per heavy atom. The van der Waals surface area contributed by atoms with Crippen LogP contribution >= 0.6 is 0 Å². The molecule has 0 amide bonds. The van der Waals surface area contributed by atoms with Gasteiger partial charge in [0.25, 0.3) is 6.47 Å². The van der Waals surface area contributed by atoms with E-state index in [2.05, 4.69) is 25.7 Å². The Morgan fingerprint density at radius 1 is 1.27 bits per heavy atom. The molecule has 1 aliphatic heterocycles. The van der Waals surface area contributed by atoms with E-state index in [0.717, 1.165) is 25.6 Å². The molecule has 1 aromatic carbocycles. The van der Waals surface area contributed by atoms with Gasteiger partial charge >= 0.3 is 0 Å². The second-order valence-electron chi connectivity index (χ2n) is 5.87. The first-order valence-electron chi connectivity index (χ1n) is 7.57. The molecule has 0 bridgehead atoms. The van der Waals surface area contributed by atoms with Gasteiger partial charge in [0.15, 0.2) is 0 Å². The Labute approximate surface area is 131 Å². The maximum absolute atomic E-state index is 13.7. The number of rotatable bonds is 1. The third-order valence-electron chi connectivity index (χ3n) is 3.54. The lowest BCUT2D eigenvalue weighted by atomic mass is 9.97. The van der Waals surface area contributed by atoms with Crippen LogP contribution in [0.2, 0.25) is 0 Å². The Morgan fingerprint density at radius 2 is 1.82 bits per heavy atom. The van der Waals surface area contributed by atoms with Crippen LogP contribution in [-0.4, -0.2) is 35.1 Å². The zero-order valence-electron chi connectivity index (χ0n) is 14.1. The average molecular weight is 315 g/mol. The molecule has 5 heteroatoms. The number of carboxylic acid groups (broad SMARTS) is 1. The third kappa shape index (κ3) is 6.10. The predicted octanol–water partition coefficient (Wildman–Crippen LogP) is 4.28. The predicted molar refractivity (Wildman–Crippen MR) is 85.1 cm³/mol. The summed E-state index contributed by atoms with van der Waals surface area (Å²) in [4.78, 5) is 10.7. The van der Waals surface area contributed by atoms with Gasteiger partial charge in [0.05, 0.1) is 0 Å². The SMILES string of the molecule is CC.CC(C)(C)N1CC[C@H](c2ccc(F)cc2F)C1.O=CO. The van der Waals surface area contributed by atoms with Crippen LogP contribution in [0, 0.1) is 11.6 Å². The smallest absolute Gasteiger partial charge is 0.290 e. The van der Waals surface area contributed by atoms with Gasteiger partial charge in [-0.1, -0.05) is 19.9 Å². The van der Waals surface area contributed by atoms with Crippen LogP contribution in [0.25, 0.3) is 0 Å². The normalized spacial score (nSPS) is 17.9. The van der Waals surface area contributed by atoms with Gasteiger partial charge in [0.1, 0.15) is 11.6 Å². The van der Waals surface area contributed by atoms with Gasteiger partial charge in [-0.15, -0.1) is 0 Å². The quantitative estimate of drug-likeness (QED) is 0.786. The van der Waals surface area contributed by atoms with Crippen molar-refractivity contribution in [2.75, 3.05) is 13.1 Å². The number of benzene rings is 1. The molecule has 126 valence electrons. The molecule has 22 heavy (non-hydrogen) atoms. The van der Waals surface area contributed by atoms with Crippen LogP contribution in [0.4, 0.5) is 8.78 Å². The van der Waals surface area contributed by atoms with E-state index in [4.69, 9.17) is 9.90 Å². The second kappa shape index (κ2) is 9.51. The molecule has 1 aromatic rings. The fraction of sp³-hybridized carbons (Fsp3) is 0.588. The van der Waals surface area contributed by atoms with Gasteiger partial charge in [0, 0.05) is 24.1 Å². The second-order valence-corrected chi connectivity index (χ2v) is 5.87. The molecular formula is C17H27F2NO2. The number of hydrogen-bond donors (Lipinski definition) is 1. The molecule has 1 fully saturated rings. The fourth-order valence-electron chi connectivity index (χ4n) is 2.46. The molecule has 1 aliphatic rings. The zero-order chi connectivity index (χ0) is 17.3. The molecule has 1 N–H and O–H groups in total. The molecule has 1 saturated heterocycles. The molecule has 0 radical (unpaired) electrons. The van der Waals surface area contributed by atoms with Crippen molar-refractivity contribution in [2.45, 2.75) is 52.5 Å². The van der Waals surface area contributed by atoms with Crippen molar-refractivity contribution in [3.05, 3.63) is 35.4 Å². The van der Waals surface area contributed by atoms with Crippen LogP contribution < -0.4 is 0 Å². The highest BCUT2D eigenvalue weighted by Crippen LogP contribution is 2.32. The van der Waals surface area contributed by atoms with Crippen LogP contribution in [0.15, 0.2) is 18.2 Å². The van der Waals surface area contributed by atoms with E-state index in [1.165, 1.54) is 6.07 Å². The topological polar surface area (TPSA) is 40.5 Å². The van der Waals surface area contributed by atoms with Crippen LogP contribution in [0.1, 0.15) is 52.5 Å². The first-order chi connectivity index (χ1) is 10.3. The summed E-state index contributed by atoms with van der Waals surface area (Å²) in [5.41, 5.74) is 0.767. The lowest BCUT2D eigenvalue weighted by Gasteiger charge is -2.31. The first kappa shape index (κ1) is 20.5. The highest BCUT2D eigenvalue weighted by Gasteiger charge is 2.32. The van der Waals surface area contributed by atoms with Crippen molar-refractivity contribution in [3.8, 4) is 0 Å². The molecule has 1 heterocycles. The molecule has 1 atom stereocenters. The van der Waals surface area contributed by atoms with Gasteiger partial charge in [-0.3, -0.25) is 9.69 Å².